The van der Waals surface area contributed by atoms with E-state index in [4.69, 9.17) is 5.26 Å². The Hall–Kier alpha value is -1.36. The standard InChI is InChI=1S/C7H7F.C7H11N/c1-6-4-2-3-5-7(6)8;8-6-7-4-2-1-3-5-7/h2-5H,1H3;7H,1-5H2. The highest BCUT2D eigenvalue weighted by Gasteiger charge is 2.10. The lowest BCUT2D eigenvalue weighted by Crippen LogP contribution is -2.02. The number of halogens is 1. The van der Waals surface area contributed by atoms with Gasteiger partial charge in [0.2, 0.25) is 0 Å². The van der Waals surface area contributed by atoms with Gasteiger partial charge in [-0.1, -0.05) is 37.5 Å². The van der Waals surface area contributed by atoms with Gasteiger partial charge in [0.05, 0.1) is 6.07 Å². The summed E-state index contributed by atoms with van der Waals surface area (Å²) in [4.78, 5) is 0. The molecular formula is C14H18FN. The Morgan fingerprint density at radius 1 is 1.19 bits per heavy atom. The van der Waals surface area contributed by atoms with Gasteiger partial charge in [-0.2, -0.15) is 5.26 Å². The average Bonchev–Trinajstić information content (AvgIpc) is 2.35. The zero-order valence-corrected chi connectivity index (χ0v) is 9.75. The Morgan fingerprint density at radius 2 is 1.81 bits per heavy atom. The zero-order valence-electron chi connectivity index (χ0n) is 9.75. The first-order chi connectivity index (χ1) is 7.74. The van der Waals surface area contributed by atoms with Gasteiger partial charge in [-0.15, -0.1) is 0 Å². The van der Waals surface area contributed by atoms with Crippen LogP contribution < -0.4 is 0 Å². The summed E-state index contributed by atoms with van der Waals surface area (Å²) in [5.74, 6) is 0.260. The molecule has 86 valence electrons. The Kier molecular flexibility index (Phi) is 5.56. The van der Waals surface area contributed by atoms with Crippen LogP contribution in [0.15, 0.2) is 24.3 Å². The summed E-state index contributed by atoms with van der Waals surface area (Å²) in [5, 5.41) is 8.44. The Labute approximate surface area is 96.9 Å². The summed E-state index contributed by atoms with van der Waals surface area (Å²) in [6.07, 6.45) is 6.20. The summed E-state index contributed by atoms with van der Waals surface area (Å²) >= 11 is 0. The monoisotopic (exact) mass is 219 g/mol. The highest BCUT2D eigenvalue weighted by molar-refractivity contribution is 5.14. The van der Waals surface area contributed by atoms with Crippen molar-refractivity contribution in [3.05, 3.63) is 35.6 Å². The molecule has 1 saturated carbocycles. The molecule has 0 aliphatic heterocycles. The Balaban J connectivity index is 0.000000160. The molecule has 0 radical (unpaired) electrons. The van der Waals surface area contributed by atoms with Gasteiger partial charge in [0, 0.05) is 5.92 Å². The molecule has 1 nitrogen and oxygen atoms in total. The van der Waals surface area contributed by atoms with Crippen LogP contribution in [-0.4, -0.2) is 0 Å². The molecule has 2 heteroatoms. The van der Waals surface area contributed by atoms with Crippen molar-refractivity contribution in [1.82, 2.24) is 0 Å². The molecule has 0 unspecified atom stereocenters. The molecule has 1 fully saturated rings. The van der Waals surface area contributed by atoms with Gasteiger partial charge >= 0.3 is 0 Å². The molecule has 0 atom stereocenters. The summed E-state index contributed by atoms with van der Waals surface area (Å²) in [7, 11) is 0. The van der Waals surface area contributed by atoms with Crippen LogP contribution in [0.5, 0.6) is 0 Å². The summed E-state index contributed by atoms with van der Waals surface area (Å²) in [6.45, 7) is 1.75. The van der Waals surface area contributed by atoms with Gasteiger partial charge in [-0.05, 0) is 31.4 Å². The number of rotatable bonds is 0. The van der Waals surface area contributed by atoms with Crippen LogP contribution in [0.4, 0.5) is 4.39 Å². The van der Waals surface area contributed by atoms with Crippen LogP contribution in [-0.2, 0) is 0 Å². The summed E-state index contributed by atoms with van der Waals surface area (Å²) < 4.78 is 12.3. The lowest BCUT2D eigenvalue weighted by molar-refractivity contribution is 0.427. The number of nitriles is 1. The van der Waals surface area contributed by atoms with E-state index < -0.39 is 0 Å². The van der Waals surface area contributed by atoms with E-state index in [-0.39, 0.29) is 5.82 Å². The van der Waals surface area contributed by atoms with E-state index in [1.54, 1.807) is 19.1 Å². The Morgan fingerprint density at radius 3 is 2.19 bits per heavy atom. The van der Waals surface area contributed by atoms with Crippen molar-refractivity contribution in [3.63, 3.8) is 0 Å². The third kappa shape index (κ3) is 4.44. The average molecular weight is 219 g/mol. The minimum atomic E-state index is -0.132. The van der Waals surface area contributed by atoms with Gasteiger partial charge in [0.1, 0.15) is 5.82 Å². The molecule has 1 aromatic carbocycles. The summed E-state index contributed by atoms with van der Waals surface area (Å²) in [5.41, 5.74) is 0.701. The van der Waals surface area contributed by atoms with E-state index in [2.05, 4.69) is 6.07 Å². The molecule has 0 spiro atoms. The lowest BCUT2D eigenvalue weighted by atomic mass is 9.91. The molecule has 0 heterocycles. The van der Waals surface area contributed by atoms with E-state index >= 15 is 0 Å². The summed E-state index contributed by atoms with van der Waals surface area (Å²) in [6, 6.07) is 9.00. The molecule has 0 saturated heterocycles. The molecule has 0 aromatic heterocycles. The maximum Gasteiger partial charge on any atom is 0.126 e. The van der Waals surface area contributed by atoms with Crippen molar-refractivity contribution in [1.29, 1.82) is 5.26 Å². The fourth-order valence-corrected chi connectivity index (χ4v) is 1.78. The fourth-order valence-electron chi connectivity index (χ4n) is 1.78. The fraction of sp³-hybridized carbons (Fsp3) is 0.500. The van der Waals surface area contributed by atoms with Crippen LogP contribution in [0.2, 0.25) is 0 Å². The second-order valence-corrected chi connectivity index (χ2v) is 4.21. The zero-order chi connectivity index (χ0) is 11.8. The lowest BCUT2D eigenvalue weighted by Gasteiger charge is -2.13. The van der Waals surface area contributed by atoms with E-state index in [1.165, 1.54) is 25.3 Å². The van der Waals surface area contributed by atoms with Crippen molar-refractivity contribution >= 4 is 0 Å². The van der Waals surface area contributed by atoms with Crippen LogP contribution in [0.25, 0.3) is 0 Å². The van der Waals surface area contributed by atoms with Crippen LogP contribution in [0, 0.1) is 30.0 Å². The molecule has 1 aliphatic rings. The van der Waals surface area contributed by atoms with Crippen molar-refractivity contribution in [3.8, 4) is 6.07 Å². The van der Waals surface area contributed by atoms with Gasteiger partial charge < -0.3 is 0 Å². The van der Waals surface area contributed by atoms with Crippen LogP contribution in [0.3, 0.4) is 0 Å². The van der Waals surface area contributed by atoms with Crippen LogP contribution >= 0.6 is 0 Å². The van der Waals surface area contributed by atoms with Crippen molar-refractivity contribution in [2.75, 3.05) is 0 Å². The maximum atomic E-state index is 12.3. The first kappa shape index (κ1) is 12.7. The second-order valence-electron chi connectivity index (χ2n) is 4.21. The molecule has 2 rings (SSSR count). The van der Waals surface area contributed by atoms with Crippen molar-refractivity contribution in [2.45, 2.75) is 39.0 Å². The van der Waals surface area contributed by atoms with E-state index in [0.29, 0.717) is 11.5 Å². The van der Waals surface area contributed by atoms with Crippen molar-refractivity contribution in [2.24, 2.45) is 5.92 Å². The number of hydrogen-bond donors (Lipinski definition) is 0. The molecular weight excluding hydrogens is 201 g/mol. The van der Waals surface area contributed by atoms with Crippen LogP contribution in [0.1, 0.15) is 37.7 Å². The number of nitrogens with zero attached hydrogens (tertiary/aromatic N) is 1. The molecule has 0 amide bonds. The minimum absolute atomic E-state index is 0.132. The molecule has 0 bridgehead atoms. The normalized spacial score (nSPS) is 15.8. The SMILES string of the molecule is Cc1ccccc1F.N#CC1CCCCC1. The third-order valence-corrected chi connectivity index (χ3v) is 2.86. The second kappa shape index (κ2) is 7.00. The van der Waals surface area contributed by atoms with Gasteiger partial charge in [-0.25, -0.2) is 4.39 Å². The third-order valence-electron chi connectivity index (χ3n) is 2.86. The van der Waals surface area contributed by atoms with Gasteiger partial charge in [-0.3, -0.25) is 0 Å². The largest absolute Gasteiger partial charge is 0.207 e. The molecule has 1 aromatic rings. The van der Waals surface area contributed by atoms with Crippen molar-refractivity contribution < 1.29 is 4.39 Å². The highest BCUT2D eigenvalue weighted by Crippen LogP contribution is 2.22. The molecule has 16 heavy (non-hydrogen) atoms. The van der Waals surface area contributed by atoms with E-state index in [9.17, 15) is 4.39 Å². The van der Waals surface area contributed by atoms with Gasteiger partial charge in [0.15, 0.2) is 0 Å². The smallest absolute Gasteiger partial charge is 0.126 e. The Bertz CT molecular complexity index is 327. The first-order valence-electron chi connectivity index (χ1n) is 5.85. The molecule has 1 aliphatic carbocycles. The van der Waals surface area contributed by atoms with E-state index in [1.807, 2.05) is 6.07 Å². The predicted octanol–water partition coefficient (Wildman–Crippen LogP) is 4.22. The van der Waals surface area contributed by atoms with Gasteiger partial charge in [0.25, 0.3) is 0 Å². The highest BCUT2D eigenvalue weighted by atomic mass is 19.1. The number of hydrogen-bond acceptors (Lipinski definition) is 1. The number of aryl methyl sites for hydroxylation is 1. The topological polar surface area (TPSA) is 23.8 Å². The first-order valence-corrected chi connectivity index (χ1v) is 5.85. The quantitative estimate of drug-likeness (QED) is 0.640. The minimum Gasteiger partial charge on any atom is -0.207 e. The predicted molar refractivity (Wildman–Crippen MR) is 63.3 cm³/mol. The number of benzene rings is 1. The maximum absolute atomic E-state index is 12.3. The molecule has 0 N–H and O–H groups in total. The van der Waals surface area contributed by atoms with E-state index in [0.717, 1.165) is 12.8 Å².